The van der Waals surface area contributed by atoms with Gasteiger partial charge >= 0.3 is 0 Å². The van der Waals surface area contributed by atoms with Crippen molar-refractivity contribution in [2.75, 3.05) is 25.1 Å². The van der Waals surface area contributed by atoms with Crippen LogP contribution in [0.4, 0.5) is 5.69 Å². The minimum Gasteiger partial charge on any atom is -0.376 e. The molecule has 7 nitrogen and oxygen atoms in total. The molecule has 2 aromatic rings. The second-order valence-corrected chi connectivity index (χ2v) is 7.57. The van der Waals surface area contributed by atoms with Gasteiger partial charge in [0, 0.05) is 18.5 Å². The predicted octanol–water partition coefficient (Wildman–Crippen LogP) is 3.53. The number of carbonyl (C=O) groups is 2. The van der Waals surface area contributed by atoms with Crippen LogP contribution in [0.2, 0.25) is 0 Å². The van der Waals surface area contributed by atoms with E-state index in [9.17, 15) is 9.59 Å². The Morgan fingerprint density at radius 3 is 2.75 bits per heavy atom. The Hall–Kier alpha value is -2.25. The number of nitrogens with one attached hydrogen (secondary N) is 1. The smallest absolute Gasteiger partial charge is 0.227 e. The maximum Gasteiger partial charge on any atom is 0.227 e. The van der Waals surface area contributed by atoms with Crippen LogP contribution < -0.4 is 5.32 Å². The Kier molecular flexibility index (Phi) is 5.73. The number of hydrogen-bond acceptors (Lipinski definition) is 5. The van der Waals surface area contributed by atoms with E-state index in [1.807, 2.05) is 19.1 Å². The van der Waals surface area contributed by atoms with Crippen molar-refractivity contribution >= 4 is 22.9 Å². The number of nitrogens with zero attached hydrogens (tertiary/aromatic N) is 2. The minimum absolute atomic E-state index is 0.0120. The van der Waals surface area contributed by atoms with E-state index in [0.29, 0.717) is 37.5 Å². The molecule has 1 N–H and O–H groups in total. The van der Waals surface area contributed by atoms with Gasteiger partial charge in [0.1, 0.15) is 6.10 Å². The van der Waals surface area contributed by atoms with Crippen molar-refractivity contribution in [2.24, 2.45) is 5.92 Å². The van der Waals surface area contributed by atoms with Gasteiger partial charge in [-0.15, -0.1) is 0 Å². The fourth-order valence-corrected chi connectivity index (χ4v) is 3.99. The molecule has 1 saturated heterocycles. The first-order valence-electron chi connectivity index (χ1n) is 10.2. The molecule has 1 aliphatic heterocycles. The van der Waals surface area contributed by atoms with Crippen molar-refractivity contribution in [3.8, 4) is 0 Å². The highest BCUT2D eigenvalue weighted by Crippen LogP contribution is 2.28. The van der Waals surface area contributed by atoms with Gasteiger partial charge in [-0.1, -0.05) is 26.2 Å². The number of aromatic nitrogens is 2. The molecule has 1 saturated carbocycles. The van der Waals surface area contributed by atoms with Gasteiger partial charge in [-0.25, -0.2) is 4.52 Å². The Labute approximate surface area is 164 Å². The summed E-state index contributed by atoms with van der Waals surface area (Å²) in [5, 5.41) is 7.59. The van der Waals surface area contributed by atoms with Crippen LogP contribution >= 0.6 is 0 Å². The molecule has 2 aliphatic rings. The molecule has 1 aliphatic carbocycles. The van der Waals surface area contributed by atoms with E-state index in [4.69, 9.17) is 9.47 Å². The SMILES string of the molecule is CCC(=O)c1cn2nc(C3COCCO3)cc2cc1NC(=O)C1CCCCC1. The number of hydrogen-bond donors (Lipinski definition) is 1. The predicted molar refractivity (Wildman–Crippen MR) is 105 cm³/mol. The molecule has 3 heterocycles. The third-order valence-corrected chi connectivity index (χ3v) is 5.62. The van der Waals surface area contributed by atoms with Crippen LogP contribution in [0.3, 0.4) is 0 Å². The van der Waals surface area contributed by atoms with E-state index in [1.165, 1.54) is 6.42 Å². The van der Waals surface area contributed by atoms with Gasteiger partial charge in [-0.05, 0) is 25.0 Å². The van der Waals surface area contributed by atoms with Crippen LogP contribution in [0.15, 0.2) is 18.3 Å². The van der Waals surface area contributed by atoms with Crippen LogP contribution in [-0.4, -0.2) is 41.1 Å². The first kappa shape index (κ1) is 19.1. The summed E-state index contributed by atoms with van der Waals surface area (Å²) in [5.41, 5.74) is 2.65. The third-order valence-electron chi connectivity index (χ3n) is 5.62. The minimum atomic E-state index is -0.209. The third kappa shape index (κ3) is 3.95. The van der Waals surface area contributed by atoms with Gasteiger partial charge in [0.25, 0.3) is 0 Å². The normalized spacial score (nSPS) is 21.0. The molecule has 2 fully saturated rings. The zero-order valence-corrected chi connectivity index (χ0v) is 16.3. The van der Waals surface area contributed by atoms with E-state index in [2.05, 4.69) is 10.4 Å². The Balaban J connectivity index is 1.64. The second-order valence-electron chi connectivity index (χ2n) is 7.57. The highest BCUT2D eigenvalue weighted by Gasteiger charge is 2.24. The summed E-state index contributed by atoms with van der Waals surface area (Å²) in [6, 6.07) is 3.76. The molecule has 150 valence electrons. The molecule has 28 heavy (non-hydrogen) atoms. The number of anilines is 1. The standard InChI is InChI=1S/C21H27N3O4/c1-2-19(25)16-12-24-15(11-18(23-24)20-13-27-8-9-28-20)10-17(16)22-21(26)14-6-4-3-5-7-14/h10-12,14,20H,2-9,13H2,1H3,(H,22,26). The monoisotopic (exact) mass is 385 g/mol. The van der Waals surface area contributed by atoms with Crippen LogP contribution in [0, 0.1) is 5.92 Å². The van der Waals surface area contributed by atoms with E-state index in [-0.39, 0.29) is 23.7 Å². The Morgan fingerprint density at radius 2 is 2.04 bits per heavy atom. The van der Waals surface area contributed by atoms with Crippen LogP contribution in [0.1, 0.15) is 67.6 Å². The molecule has 0 radical (unpaired) electrons. The quantitative estimate of drug-likeness (QED) is 0.796. The van der Waals surface area contributed by atoms with Crippen LogP contribution in [-0.2, 0) is 14.3 Å². The van der Waals surface area contributed by atoms with Crippen LogP contribution in [0.5, 0.6) is 0 Å². The number of rotatable bonds is 5. The van der Waals surface area contributed by atoms with E-state index in [1.54, 1.807) is 10.7 Å². The summed E-state index contributed by atoms with van der Waals surface area (Å²) in [7, 11) is 0. The number of amides is 1. The van der Waals surface area contributed by atoms with Crippen molar-refractivity contribution in [2.45, 2.75) is 51.6 Å². The van der Waals surface area contributed by atoms with Crippen molar-refractivity contribution in [1.29, 1.82) is 0 Å². The molecule has 0 aromatic carbocycles. The molecular weight excluding hydrogens is 358 g/mol. The summed E-state index contributed by atoms with van der Waals surface area (Å²) in [6.45, 7) is 3.42. The number of pyridine rings is 1. The van der Waals surface area contributed by atoms with Gasteiger partial charge in [-0.2, -0.15) is 5.10 Å². The maximum atomic E-state index is 12.7. The molecule has 0 spiro atoms. The Morgan fingerprint density at radius 1 is 1.21 bits per heavy atom. The van der Waals surface area contributed by atoms with E-state index < -0.39 is 0 Å². The topological polar surface area (TPSA) is 81.9 Å². The van der Waals surface area contributed by atoms with Crippen molar-refractivity contribution < 1.29 is 19.1 Å². The summed E-state index contributed by atoms with van der Waals surface area (Å²) < 4.78 is 12.9. The molecule has 1 unspecified atom stereocenters. The number of fused-ring (bicyclic) bond motifs is 1. The number of ketones is 1. The van der Waals surface area contributed by atoms with Crippen molar-refractivity contribution in [3.63, 3.8) is 0 Å². The zero-order chi connectivity index (χ0) is 19.5. The first-order valence-corrected chi connectivity index (χ1v) is 10.2. The molecule has 7 heteroatoms. The van der Waals surface area contributed by atoms with Crippen molar-refractivity contribution in [1.82, 2.24) is 9.61 Å². The highest BCUT2D eigenvalue weighted by molar-refractivity contribution is 6.05. The number of ether oxygens (including phenoxy) is 2. The largest absolute Gasteiger partial charge is 0.376 e. The van der Waals surface area contributed by atoms with E-state index >= 15 is 0 Å². The average molecular weight is 385 g/mol. The summed E-state index contributed by atoms with van der Waals surface area (Å²) >= 11 is 0. The molecule has 0 bridgehead atoms. The summed E-state index contributed by atoms with van der Waals surface area (Å²) in [5.74, 6) is 0.0240. The van der Waals surface area contributed by atoms with Crippen molar-refractivity contribution in [3.05, 3.63) is 29.6 Å². The second kappa shape index (κ2) is 8.41. The van der Waals surface area contributed by atoms with Gasteiger partial charge in [0.15, 0.2) is 5.78 Å². The molecule has 2 aromatic heterocycles. The Bertz CT molecular complexity index is 864. The highest BCUT2D eigenvalue weighted by atomic mass is 16.6. The number of Topliss-reactive ketones (excluding diaryl/α,β-unsaturated/α-hetero) is 1. The van der Waals surface area contributed by atoms with E-state index in [0.717, 1.165) is 36.9 Å². The summed E-state index contributed by atoms with van der Waals surface area (Å²) in [4.78, 5) is 25.2. The summed E-state index contributed by atoms with van der Waals surface area (Å²) in [6.07, 6.45) is 7.08. The molecule has 1 amide bonds. The lowest BCUT2D eigenvalue weighted by Gasteiger charge is -2.21. The van der Waals surface area contributed by atoms with Gasteiger partial charge in [-0.3, -0.25) is 9.59 Å². The fraction of sp³-hybridized carbons (Fsp3) is 0.571. The van der Waals surface area contributed by atoms with Crippen LogP contribution in [0.25, 0.3) is 5.52 Å². The lowest BCUT2D eigenvalue weighted by atomic mass is 9.88. The molecule has 4 rings (SSSR count). The number of carbonyl (C=O) groups excluding carboxylic acids is 2. The van der Waals surface area contributed by atoms with Gasteiger partial charge in [0.2, 0.25) is 5.91 Å². The molecular formula is C21H27N3O4. The zero-order valence-electron chi connectivity index (χ0n) is 16.3. The maximum absolute atomic E-state index is 12.7. The van der Waals surface area contributed by atoms with Gasteiger partial charge < -0.3 is 14.8 Å². The lowest BCUT2D eigenvalue weighted by Crippen LogP contribution is -2.25. The fourth-order valence-electron chi connectivity index (χ4n) is 3.99. The first-order chi connectivity index (χ1) is 13.7. The lowest BCUT2D eigenvalue weighted by molar-refractivity contribution is -0.120. The molecule has 1 atom stereocenters. The average Bonchev–Trinajstić information content (AvgIpc) is 3.17. The van der Waals surface area contributed by atoms with Gasteiger partial charge in [0.05, 0.1) is 42.3 Å².